The van der Waals surface area contributed by atoms with Crippen LogP contribution in [-0.2, 0) is 26.4 Å². The van der Waals surface area contributed by atoms with E-state index in [9.17, 15) is 13.2 Å². The maximum Gasteiger partial charge on any atom is 0.317 e. The summed E-state index contributed by atoms with van der Waals surface area (Å²) in [7, 11) is -3.12. The highest BCUT2D eigenvalue weighted by molar-refractivity contribution is 7.91. The van der Waals surface area contributed by atoms with Crippen LogP contribution in [0.5, 0.6) is 0 Å². The maximum absolute atomic E-state index is 12.5. The smallest absolute Gasteiger partial charge is 0.317 e. The van der Waals surface area contributed by atoms with E-state index in [-0.39, 0.29) is 35.1 Å². The first kappa shape index (κ1) is 19.2. The molecule has 2 unspecified atom stereocenters. The van der Waals surface area contributed by atoms with Crippen LogP contribution in [0.25, 0.3) is 0 Å². The molecule has 2 aliphatic rings. The second-order valence-electron chi connectivity index (χ2n) is 8.18. The highest BCUT2D eigenvalue weighted by Crippen LogP contribution is 2.25. The Hall–Kier alpha value is -1.60. The van der Waals surface area contributed by atoms with Crippen LogP contribution in [0, 0.1) is 0 Å². The maximum atomic E-state index is 12.5. The van der Waals surface area contributed by atoms with Gasteiger partial charge in [-0.3, -0.25) is 0 Å². The Labute approximate surface area is 155 Å². The van der Waals surface area contributed by atoms with Gasteiger partial charge < -0.3 is 15.0 Å². The summed E-state index contributed by atoms with van der Waals surface area (Å²) in [5, 5.41) is 2.92. The van der Waals surface area contributed by atoms with Gasteiger partial charge in [-0.1, -0.05) is 45.0 Å². The number of amides is 2. The van der Waals surface area contributed by atoms with E-state index in [1.807, 2.05) is 0 Å². The Morgan fingerprint density at radius 2 is 1.92 bits per heavy atom. The van der Waals surface area contributed by atoms with Crippen LogP contribution in [0.2, 0.25) is 0 Å². The molecule has 2 atom stereocenters. The number of sulfone groups is 1. The van der Waals surface area contributed by atoms with Gasteiger partial charge in [-0.05, 0) is 23.0 Å². The number of nitrogens with one attached hydrogen (secondary N) is 1. The molecule has 0 bridgehead atoms. The lowest BCUT2D eigenvalue weighted by molar-refractivity contribution is -0.0289. The Kier molecular flexibility index (Phi) is 5.30. The fourth-order valence-electron chi connectivity index (χ4n) is 3.55. The number of nitrogens with zero attached hydrogens (tertiary/aromatic N) is 1. The number of carbonyl (C=O) groups is 1. The van der Waals surface area contributed by atoms with Gasteiger partial charge in [-0.25, -0.2) is 13.2 Å². The summed E-state index contributed by atoms with van der Waals surface area (Å²) in [5.41, 5.74) is 2.58. The van der Waals surface area contributed by atoms with Crippen molar-refractivity contribution in [3.63, 3.8) is 0 Å². The zero-order chi connectivity index (χ0) is 18.9. The van der Waals surface area contributed by atoms with Crippen molar-refractivity contribution in [2.24, 2.45) is 0 Å². The summed E-state index contributed by atoms with van der Waals surface area (Å²) in [4.78, 5) is 14.1. The van der Waals surface area contributed by atoms with Gasteiger partial charge in [0.1, 0.15) is 0 Å². The lowest BCUT2D eigenvalue weighted by Gasteiger charge is -2.36. The van der Waals surface area contributed by atoms with Gasteiger partial charge in [0.25, 0.3) is 0 Å². The highest BCUT2D eigenvalue weighted by Gasteiger charge is 2.45. The molecule has 0 aliphatic carbocycles. The van der Waals surface area contributed by atoms with Crippen molar-refractivity contribution in [2.45, 2.75) is 44.8 Å². The van der Waals surface area contributed by atoms with E-state index in [1.165, 1.54) is 11.1 Å². The average molecular weight is 381 g/mol. The van der Waals surface area contributed by atoms with Crippen LogP contribution in [0.15, 0.2) is 24.3 Å². The molecule has 2 saturated heterocycles. The van der Waals surface area contributed by atoms with Crippen molar-refractivity contribution in [3.05, 3.63) is 35.4 Å². The number of carbonyl (C=O) groups excluding carboxylic acids is 1. The van der Waals surface area contributed by atoms with E-state index in [2.05, 4.69) is 50.4 Å². The molecule has 0 spiro atoms. The average Bonchev–Trinajstić information content (AvgIpc) is 2.88. The van der Waals surface area contributed by atoms with Gasteiger partial charge in [-0.15, -0.1) is 0 Å². The van der Waals surface area contributed by atoms with Crippen LogP contribution >= 0.6 is 0 Å². The van der Waals surface area contributed by atoms with Crippen molar-refractivity contribution >= 4 is 15.9 Å². The number of hydrogen-bond acceptors (Lipinski definition) is 4. The van der Waals surface area contributed by atoms with Gasteiger partial charge >= 0.3 is 6.03 Å². The number of fused-ring (bicyclic) bond motifs is 1. The third kappa shape index (κ3) is 4.38. The molecular formula is C19H28N2O4S. The van der Waals surface area contributed by atoms with Crippen LogP contribution in [-0.4, -0.2) is 62.7 Å². The minimum absolute atomic E-state index is 0.000643. The minimum Gasteiger partial charge on any atom is -0.373 e. The Balaban J connectivity index is 1.52. The van der Waals surface area contributed by atoms with Crippen molar-refractivity contribution in [1.29, 1.82) is 0 Å². The van der Waals surface area contributed by atoms with Gasteiger partial charge in [0.05, 0.1) is 30.3 Å². The van der Waals surface area contributed by atoms with Crippen LogP contribution < -0.4 is 5.32 Å². The van der Waals surface area contributed by atoms with Crippen molar-refractivity contribution in [2.75, 3.05) is 31.2 Å². The molecule has 1 N–H and O–H groups in total. The minimum atomic E-state index is -3.12. The summed E-state index contributed by atoms with van der Waals surface area (Å²) in [5.74, 6) is 0.0148. The summed E-state index contributed by atoms with van der Waals surface area (Å²) < 4.78 is 29.2. The largest absolute Gasteiger partial charge is 0.373 e. The van der Waals surface area contributed by atoms with Gasteiger partial charge in [0.2, 0.25) is 0 Å². The molecule has 2 amide bonds. The molecule has 7 heteroatoms. The molecule has 2 fully saturated rings. The van der Waals surface area contributed by atoms with E-state index < -0.39 is 9.84 Å². The van der Waals surface area contributed by atoms with Crippen LogP contribution in [0.3, 0.4) is 0 Å². The lowest BCUT2D eigenvalue weighted by Crippen LogP contribution is -2.56. The second kappa shape index (κ2) is 7.19. The SMILES string of the molecule is CC(C)(C)c1ccc(CCNC(=O)N2CCOC3CS(=O)(=O)CC32)cc1. The standard InChI is InChI=1S/C19H28N2O4S/c1-19(2,3)15-6-4-14(5-7-15)8-9-20-18(22)21-10-11-25-17-13-26(23,24)12-16(17)21/h4-7,16-17H,8-13H2,1-3H3,(H,20,22). The fraction of sp³-hybridized carbons (Fsp3) is 0.632. The van der Waals surface area contributed by atoms with Crippen molar-refractivity contribution in [3.8, 4) is 0 Å². The lowest BCUT2D eigenvalue weighted by atomic mass is 9.86. The molecule has 6 nitrogen and oxygen atoms in total. The van der Waals surface area contributed by atoms with Crippen molar-refractivity contribution < 1.29 is 17.9 Å². The number of benzene rings is 1. The van der Waals surface area contributed by atoms with E-state index in [0.717, 1.165) is 6.42 Å². The molecule has 0 radical (unpaired) electrons. The molecule has 1 aromatic rings. The first-order valence-electron chi connectivity index (χ1n) is 9.12. The molecule has 144 valence electrons. The number of hydrogen-bond donors (Lipinski definition) is 1. The molecule has 0 saturated carbocycles. The number of ether oxygens (including phenoxy) is 1. The second-order valence-corrected chi connectivity index (χ2v) is 10.3. The molecule has 1 aromatic carbocycles. The van der Waals surface area contributed by atoms with Crippen LogP contribution in [0.4, 0.5) is 4.79 Å². The Morgan fingerprint density at radius 1 is 1.23 bits per heavy atom. The Morgan fingerprint density at radius 3 is 2.58 bits per heavy atom. The van der Waals surface area contributed by atoms with Crippen LogP contribution in [0.1, 0.15) is 31.9 Å². The highest BCUT2D eigenvalue weighted by atomic mass is 32.2. The van der Waals surface area contributed by atoms with Gasteiger partial charge in [-0.2, -0.15) is 0 Å². The predicted octanol–water partition coefficient (Wildman–Crippen LogP) is 1.73. The Bertz CT molecular complexity index is 753. The third-order valence-corrected chi connectivity index (χ3v) is 6.79. The molecule has 0 aromatic heterocycles. The number of rotatable bonds is 3. The van der Waals surface area contributed by atoms with Crippen molar-refractivity contribution in [1.82, 2.24) is 10.2 Å². The number of urea groups is 1. The molecule has 2 heterocycles. The summed E-state index contributed by atoms with van der Waals surface area (Å²) in [6, 6.07) is 7.90. The van der Waals surface area contributed by atoms with E-state index >= 15 is 0 Å². The quantitative estimate of drug-likeness (QED) is 0.867. The predicted molar refractivity (Wildman–Crippen MR) is 101 cm³/mol. The topological polar surface area (TPSA) is 75.7 Å². The zero-order valence-electron chi connectivity index (χ0n) is 15.7. The van der Waals surface area contributed by atoms with E-state index in [1.54, 1.807) is 4.90 Å². The first-order chi connectivity index (χ1) is 12.2. The van der Waals surface area contributed by atoms with Gasteiger partial charge in [0, 0.05) is 13.1 Å². The number of morpholine rings is 1. The zero-order valence-corrected chi connectivity index (χ0v) is 16.5. The molecule has 26 heavy (non-hydrogen) atoms. The third-order valence-electron chi connectivity index (χ3n) is 5.11. The normalized spacial score (nSPS) is 25.0. The molecular weight excluding hydrogens is 352 g/mol. The summed E-state index contributed by atoms with van der Waals surface area (Å²) in [6.45, 7) is 7.89. The van der Waals surface area contributed by atoms with Gasteiger partial charge in [0.15, 0.2) is 9.84 Å². The summed E-state index contributed by atoms with van der Waals surface area (Å²) >= 11 is 0. The fourth-order valence-corrected chi connectivity index (χ4v) is 5.42. The van der Waals surface area contributed by atoms with E-state index in [0.29, 0.717) is 19.7 Å². The molecule has 3 rings (SSSR count). The molecule has 2 aliphatic heterocycles. The van der Waals surface area contributed by atoms with E-state index in [4.69, 9.17) is 4.74 Å². The monoisotopic (exact) mass is 380 g/mol. The first-order valence-corrected chi connectivity index (χ1v) is 10.9. The summed E-state index contributed by atoms with van der Waals surface area (Å²) in [6.07, 6.45) is 0.358.